The Labute approximate surface area is 205 Å². The average molecular weight is 500 g/mol. The first-order valence-corrected chi connectivity index (χ1v) is 11.4. The maximum absolute atomic E-state index is 13.1. The molecule has 3 amide bonds. The van der Waals surface area contributed by atoms with E-state index in [1.165, 1.54) is 17.8 Å². The van der Waals surface area contributed by atoms with Crippen LogP contribution in [0.2, 0.25) is 10.0 Å². The molecule has 0 aliphatic rings. The molecule has 3 aromatic rings. The van der Waals surface area contributed by atoms with Crippen molar-refractivity contribution in [2.75, 3.05) is 11.1 Å². The number of halogens is 2. The van der Waals surface area contributed by atoms with E-state index in [0.717, 1.165) is 4.90 Å². The lowest BCUT2D eigenvalue weighted by Crippen LogP contribution is -2.30. The molecule has 0 atom stereocenters. The smallest absolute Gasteiger partial charge is 0.272 e. The molecule has 3 rings (SSSR count). The van der Waals surface area contributed by atoms with Crippen molar-refractivity contribution in [1.82, 2.24) is 5.32 Å². The number of carbonyl (C=O) groups excluding carboxylic acids is 3. The molecule has 0 fully saturated rings. The average Bonchev–Trinajstić information content (AvgIpc) is 2.80. The highest BCUT2D eigenvalue weighted by molar-refractivity contribution is 8.00. The molecule has 0 heterocycles. The third kappa shape index (κ3) is 7.12. The van der Waals surface area contributed by atoms with Crippen molar-refractivity contribution in [3.8, 4) is 0 Å². The van der Waals surface area contributed by atoms with Crippen molar-refractivity contribution in [1.29, 1.82) is 0 Å². The number of hydrogen-bond acceptors (Lipinski definition) is 4. The standard InChI is InChI=1S/C24H19Cl2N3O3S/c25-19-10-5-11-20(26)18(19)13-21(29-23(31)15-6-2-1-3-7-15)24(32)28-16-8-4-9-17(12-16)33-14-22(27)30/h1-13H,14H2,(H2,27,30)(H,28,32)(H,29,31)/b21-13+. The fourth-order valence-electron chi connectivity index (χ4n) is 2.75. The van der Waals surface area contributed by atoms with Crippen LogP contribution < -0.4 is 16.4 Å². The van der Waals surface area contributed by atoms with Gasteiger partial charge in [0.05, 0.1) is 5.75 Å². The van der Waals surface area contributed by atoms with Crippen LogP contribution in [0.4, 0.5) is 5.69 Å². The zero-order valence-electron chi connectivity index (χ0n) is 17.2. The van der Waals surface area contributed by atoms with Gasteiger partial charge < -0.3 is 16.4 Å². The summed E-state index contributed by atoms with van der Waals surface area (Å²) >= 11 is 13.8. The number of primary amides is 1. The van der Waals surface area contributed by atoms with Gasteiger partial charge in [-0.25, -0.2) is 0 Å². The number of hydrogen-bond donors (Lipinski definition) is 3. The number of thioether (sulfide) groups is 1. The molecule has 0 saturated heterocycles. The van der Waals surface area contributed by atoms with Crippen molar-refractivity contribution in [3.63, 3.8) is 0 Å². The Hall–Kier alpha value is -3.26. The molecule has 0 aromatic heterocycles. The van der Waals surface area contributed by atoms with Crippen LogP contribution in [0, 0.1) is 0 Å². The van der Waals surface area contributed by atoms with Crippen molar-refractivity contribution in [2.45, 2.75) is 4.90 Å². The van der Waals surface area contributed by atoms with E-state index in [4.69, 9.17) is 28.9 Å². The van der Waals surface area contributed by atoms with Gasteiger partial charge >= 0.3 is 0 Å². The van der Waals surface area contributed by atoms with Gasteiger partial charge in [-0.3, -0.25) is 14.4 Å². The van der Waals surface area contributed by atoms with Gasteiger partial charge in [0.25, 0.3) is 11.8 Å². The lowest BCUT2D eigenvalue weighted by molar-refractivity contribution is -0.115. The number of carbonyl (C=O) groups is 3. The van der Waals surface area contributed by atoms with Gasteiger partial charge in [0.1, 0.15) is 5.70 Å². The second-order valence-corrected chi connectivity index (χ2v) is 8.61. The Morgan fingerprint density at radius 3 is 2.24 bits per heavy atom. The second kappa shape index (κ2) is 11.6. The first-order chi connectivity index (χ1) is 15.8. The second-order valence-electron chi connectivity index (χ2n) is 6.75. The van der Waals surface area contributed by atoms with Gasteiger partial charge in [-0.15, -0.1) is 11.8 Å². The van der Waals surface area contributed by atoms with E-state index in [2.05, 4.69) is 10.6 Å². The molecule has 0 aliphatic carbocycles. The molecule has 3 aromatic carbocycles. The molecule has 0 unspecified atom stereocenters. The molecule has 0 aliphatic heterocycles. The molecule has 0 saturated carbocycles. The highest BCUT2D eigenvalue weighted by Crippen LogP contribution is 2.27. The summed E-state index contributed by atoms with van der Waals surface area (Å²) < 4.78 is 0. The highest BCUT2D eigenvalue weighted by atomic mass is 35.5. The Morgan fingerprint density at radius 2 is 1.58 bits per heavy atom. The van der Waals surface area contributed by atoms with E-state index in [-0.39, 0.29) is 11.4 Å². The van der Waals surface area contributed by atoms with Crippen LogP contribution in [0.25, 0.3) is 6.08 Å². The lowest BCUT2D eigenvalue weighted by atomic mass is 10.1. The van der Waals surface area contributed by atoms with Crippen LogP contribution in [0.1, 0.15) is 15.9 Å². The molecule has 168 valence electrons. The SMILES string of the molecule is NC(=O)CSc1cccc(NC(=O)/C(=C\c2c(Cl)cccc2Cl)NC(=O)c2ccccc2)c1. The fourth-order valence-corrected chi connectivity index (χ4v) is 3.95. The number of amides is 3. The number of rotatable bonds is 8. The largest absolute Gasteiger partial charge is 0.369 e. The maximum Gasteiger partial charge on any atom is 0.272 e. The zero-order chi connectivity index (χ0) is 23.8. The number of anilines is 1. The van der Waals surface area contributed by atoms with Gasteiger partial charge in [-0.05, 0) is 48.5 Å². The van der Waals surface area contributed by atoms with Crippen molar-refractivity contribution >= 4 is 64.4 Å². The normalized spacial score (nSPS) is 11.0. The number of nitrogens with one attached hydrogen (secondary N) is 2. The number of benzene rings is 3. The third-order valence-electron chi connectivity index (χ3n) is 4.29. The summed E-state index contributed by atoms with van der Waals surface area (Å²) in [7, 11) is 0. The van der Waals surface area contributed by atoms with Gasteiger partial charge in [-0.1, -0.05) is 53.5 Å². The predicted octanol–water partition coefficient (Wildman–Crippen LogP) is 4.98. The van der Waals surface area contributed by atoms with Gasteiger partial charge in [-0.2, -0.15) is 0 Å². The van der Waals surface area contributed by atoms with Crippen LogP contribution in [0.15, 0.2) is 83.4 Å². The molecular formula is C24H19Cl2N3O3S. The summed E-state index contributed by atoms with van der Waals surface area (Å²) in [5.41, 5.74) is 6.39. The molecule has 33 heavy (non-hydrogen) atoms. The summed E-state index contributed by atoms with van der Waals surface area (Å²) in [6, 6.07) is 20.3. The lowest BCUT2D eigenvalue weighted by Gasteiger charge is -2.13. The first kappa shape index (κ1) is 24.4. The van der Waals surface area contributed by atoms with Crippen molar-refractivity contribution in [2.24, 2.45) is 5.73 Å². The monoisotopic (exact) mass is 499 g/mol. The minimum absolute atomic E-state index is 0.0472. The summed E-state index contributed by atoms with van der Waals surface area (Å²) in [5, 5.41) is 6.04. The first-order valence-electron chi connectivity index (χ1n) is 9.68. The molecule has 0 bridgehead atoms. The van der Waals surface area contributed by atoms with Gasteiger partial charge in [0, 0.05) is 31.8 Å². The zero-order valence-corrected chi connectivity index (χ0v) is 19.5. The van der Waals surface area contributed by atoms with E-state index in [1.807, 2.05) is 0 Å². The van der Waals surface area contributed by atoms with Crippen LogP contribution in [0.3, 0.4) is 0 Å². The Bertz CT molecular complexity index is 1200. The summed E-state index contributed by atoms with van der Waals surface area (Å²) in [4.78, 5) is 37.6. The van der Waals surface area contributed by atoms with Crippen LogP contribution in [-0.2, 0) is 9.59 Å². The van der Waals surface area contributed by atoms with Crippen molar-refractivity contribution < 1.29 is 14.4 Å². The van der Waals surface area contributed by atoms with Crippen LogP contribution in [-0.4, -0.2) is 23.5 Å². The van der Waals surface area contributed by atoms with Gasteiger partial charge in [0.2, 0.25) is 5.91 Å². The maximum atomic E-state index is 13.1. The predicted molar refractivity (Wildman–Crippen MR) is 133 cm³/mol. The van der Waals surface area contributed by atoms with E-state index in [1.54, 1.807) is 72.8 Å². The molecule has 6 nitrogen and oxygen atoms in total. The Balaban J connectivity index is 1.89. The summed E-state index contributed by atoms with van der Waals surface area (Å²) in [5.74, 6) is -1.38. The minimum atomic E-state index is -0.577. The van der Waals surface area contributed by atoms with E-state index in [9.17, 15) is 14.4 Å². The Morgan fingerprint density at radius 1 is 0.909 bits per heavy atom. The van der Waals surface area contributed by atoms with Crippen molar-refractivity contribution in [3.05, 3.63) is 99.7 Å². The summed E-state index contributed by atoms with van der Waals surface area (Å²) in [6.45, 7) is 0. The fraction of sp³-hybridized carbons (Fsp3) is 0.0417. The third-order valence-corrected chi connectivity index (χ3v) is 5.97. The van der Waals surface area contributed by atoms with Gasteiger partial charge in [0.15, 0.2) is 0 Å². The molecule has 9 heteroatoms. The topological polar surface area (TPSA) is 101 Å². The van der Waals surface area contributed by atoms with E-state index < -0.39 is 17.7 Å². The van der Waals surface area contributed by atoms with E-state index in [0.29, 0.717) is 26.9 Å². The molecular weight excluding hydrogens is 481 g/mol. The molecule has 4 N–H and O–H groups in total. The molecule has 0 radical (unpaired) electrons. The van der Waals surface area contributed by atoms with E-state index >= 15 is 0 Å². The minimum Gasteiger partial charge on any atom is -0.369 e. The summed E-state index contributed by atoms with van der Waals surface area (Å²) in [6.07, 6.45) is 1.42. The van der Waals surface area contributed by atoms with Crippen LogP contribution >= 0.6 is 35.0 Å². The quantitative estimate of drug-likeness (QED) is 0.300. The Kier molecular flexibility index (Phi) is 8.54. The number of nitrogens with two attached hydrogens (primary N) is 1. The molecule has 0 spiro atoms. The highest BCUT2D eigenvalue weighted by Gasteiger charge is 2.17. The van der Waals surface area contributed by atoms with Crippen LogP contribution in [0.5, 0.6) is 0 Å².